The average molecular weight is 438 g/mol. The lowest BCUT2D eigenvalue weighted by Crippen LogP contribution is -2.20. The van der Waals surface area contributed by atoms with Gasteiger partial charge in [0, 0.05) is 34.4 Å². The number of nitrogens with zero attached hydrogens (tertiary/aromatic N) is 6. The van der Waals surface area contributed by atoms with Crippen LogP contribution in [0.5, 0.6) is 0 Å². The molecule has 2 heterocycles. The molecule has 2 aromatic carbocycles. The highest BCUT2D eigenvalue weighted by Gasteiger charge is 2.23. The molecule has 0 saturated carbocycles. The van der Waals surface area contributed by atoms with Crippen LogP contribution in [0.3, 0.4) is 0 Å². The summed E-state index contributed by atoms with van der Waals surface area (Å²) >= 11 is 1.34. The Morgan fingerprint density at radius 1 is 1.10 bits per heavy atom. The summed E-state index contributed by atoms with van der Waals surface area (Å²) in [4.78, 5) is 17.8. The Morgan fingerprint density at radius 2 is 1.84 bits per heavy atom. The number of hydrogen-bond acceptors (Lipinski definition) is 7. The summed E-state index contributed by atoms with van der Waals surface area (Å²) in [5, 5.41) is 21.9. The van der Waals surface area contributed by atoms with Gasteiger partial charge in [-0.05, 0) is 69.2 Å². The van der Waals surface area contributed by atoms with Crippen LogP contribution in [0.2, 0.25) is 0 Å². The van der Waals surface area contributed by atoms with Crippen molar-refractivity contribution in [1.82, 2.24) is 24.6 Å². The predicted molar refractivity (Wildman–Crippen MR) is 116 cm³/mol. The van der Waals surface area contributed by atoms with E-state index in [1.165, 1.54) is 36.2 Å². The lowest BCUT2D eigenvalue weighted by Gasteiger charge is -2.20. The first kappa shape index (κ1) is 20.9. The molecule has 0 bridgehead atoms. The number of benzene rings is 2. The van der Waals surface area contributed by atoms with Gasteiger partial charge in [-0.2, -0.15) is 0 Å². The second-order valence-corrected chi connectivity index (χ2v) is 8.16. The van der Waals surface area contributed by atoms with Crippen molar-refractivity contribution in [2.75, 3.05) is 14.1 Å². The number of pyridine rings is 1. The molecule has 31 heavy (non-hydrogen) atoms. The van der Waals surface area contributed by atoms with Crippen LogP contribution in [0.25, 0.3) is 16.5 Å². The smallest absolute Gasteiger partial charge is 0.278 e. The second-order valence-electron chi connectivity index (χ2n) is 7.16. The van der Waals surface area contributed by atoms with Crippen LogP contribution >= 0.6 is 11.8 Å². The molecule has 10 heteroatoms. The van der Waals surface area contributed by atoms with E-state index in [0.717, 1.165) is 10.6 Å². The van der Waals surface area contributed by atoms with E-state index < -0.39 is 4.92 Å². The molecule has 158 valence electrons. The van der Waals surface area contributed by atoms with Gasteiger partial charge in [-0.25, -0.2) is 4.39 Å². The zero-order valence-electron chi connectivity index (χ0n) is 17.1. The highest BCUT2D eigenvalue weighted by molar-refractivity contribution is 7.99. The van der Waals surface area contributed by atoms with E-state index in [1.807, 2.05) is 30.5 Å². The number of rotatable bonds is 6. The van der Waals surface area contributed by atoms with Gasteiger partial charge in [-0.15, -0.1) is 10.2 Å². The summed E-state index contributed by atoms with van der Waals surface area (Å²) in [6.45, 7) is 2.01. The molecule has 0 aliphatic rings. The number of fused-ring (bicyclic) bond motifs is 1. The van der Waals surface area contributed by atoms with E-state index in [-0.39, 0.29) is 17.5 Å². The second kappa shape index (κ2) is 8.40. The van der Waals surface area contributed by atoms with Gasteiger partial charge in [-0.1, -0.05) is 0 Å². The first-order valence-corrected chi connectivity index (χ1v) is 10.2. The van der Waals surface area contributed by atoms with Gasteiger partial charge < -0.3 is 0 Å². The summed E-state index contributed by atoms with van der Waals surface area (Å²) in [7, 11) is 3.88. The Morgan fingerprint density at radius 3 is 2.52 bits per heavy atom. The van der Waals surface area contributed by atoms with Gasteiger partial charge in [0.1, 0.15) is 5.82 Å². The van der Waals surface area contributed by atoms with Crippen molar-refractivity contribution in [1.29, 1.82) is 0 Å². The van der Waals surface area contributed by atoms with E-state index in [2.05, 4.69) is 15.2 Å². The van der Waals surface area contributed by atoms with Crippen molar-refractivity contribution in [2.24, 2.45) is 0 Å². The first-order chi connectivity index (χ1) is 14.9. The van der Waals surface area contributed by atoms with Crippen LogP contribution in [0.15, 0.2) is 64.9 Å². The lowest BCUT2D eigenvalue weighted by molar-refractivity contribution is -0.383. The Balaban J connectivity index is 1.85. The number of nitro benzene ring substituents is 1. The molecular weight excluding hydrogens is 419 g/mol. The lowest BCUT2D eigenvalue weighted by atomic mass is 10.1. The summed E-state index contributed by atoms with van der Waals surface area (Å²) < 4.78 is 15.4. The number of nitro groups is 1. The molecule has 1 atom stereocenters. The minimum atomic E-state index is -0.420. The topological polar surface area (TPSA) is 90.0 Å². The molecule has 0 aliphatic carbocycles. The van der Waals surface area contributed by atoms with Gasteiger partial charge >= 0.3 is 0 Å². The van der Waals surface area contributed by atoms with Gasteiger partial charge in [0.05, 0.1) is 16.4 Å². The third-order valence-electron chi connectivity index (χ3n) is 5.04. The molecule has 0 amide bonds. The minimum absolute atomic E-state index is 0.00521. The number of hydrogen-bond donors (Lipinski definition) is 0. The number of non-ortho nitro benzene ring substituents is 1. The third kappa shape index (κ3) is 3.99. The third-order valence-corrected chi connectivity index (χ3v) is 6.07. The standard InChI is InChI=1S/C21H19FN6O2S/c1-13(26(2)3)20-24-25-21(27(20)15-6-4-14(22)5-7-15)31-19-9-8-18(28(29)30)17-12-23-11-10-16(17)19/h4-13H,1-3H3. The van der Waals surface area contributed by atoms with E-state index in [0.29, 0.717) is 21.8 Å². The van der Waals surface area contributed by atoms with Gasteiger partial charge in [0.25, 0.3) is 5.69 Å². The Hall–Kier alpha value is -3.37. The monoisotopic (exact) mass is 438 g/mol. The Kier molecular flexibility index (Phi) is 5.66. The summed E-state index contributed by atoms with van der Waals surface area (Å²) in [6.07, 6.45) is 3.09. The average Bonchev–Trinajstić information content (AvgIpc) is 3.17. The molecule has 4 rings (SSSR count). The predicted octanol–water partition coefficient (Wildman–Crippen LogP) is 4.64. The van der Waals surface area contributed by atoms with E-state index in [4.69, 9.17) is 0 Å². The van der Waals surface area contributed by atoms with E-state index in [1.54, 1.807) is 30.5 Å². The van der Waals surface area contributed by atoms with Crippen LogP contribution in [0, 0.1) is 15.9 Å². The van der Waals surface area contributed by atoms with Crippen molar-refractivity contribution < 1.29 is 9.31 Å². The van der Waals surface area contributed by atoms with Gasteiger partial charge in [-0.3, -0.25) is 24.6 Å². The molecule has 0 saturated heterocycles. The van der Waals surface area contributed by atoms with Crippen molar-refractivity contribution in [3.8, 4) is 5.69 Å². The molecular formula is C21H19FN6O2S. The maximum atomic E-state index is 13.5. The van der Waals surface area contributed by atoms with Crippen LogP contribution in [0.4, 0.5) is 10.1 Å². The molecule has 2 aromatic heterocycles. The SMILES string of the molecule is CC(c1nnc(Sc2ccc([N+](=O)[O-])c3cnccc23)n1-c1ccc(F)cc1)N(C)C. The fourth-order valence-electron chi connectivity index (χ4n) is 3.18. The zero-order valence-corrected chi connectivity index (χ0v) is 17.9. The maximum Gasteiger partial charge on any atom is 0.278 e. The first-order valence-electron chi connectivity index (χ1n) is 9.43. The molecule has 0 N–H and O–H groups in total. The van der Waals surface area contributed by atoms with E-state index >= 15 is 0 Å². The van der Waals surface area contributed by atoms with Crippen molar-refractivity contribution in [3.05, 3.63) is 76.6 Å². The normalized spacial score (nSPS) is 12.4. The number of aromatic nitrogens is 4. The van der Waals surface area contributed by atoms with Gasteiger partial charge in [0.2, 0.25) is 5.16 Å². The van der Waals surface area contributed by atoms with Crippen LogP contribution < -0.4 is 0 Å². The van der Waals surface area contributed by atoms with Crippen molar-refractivity contribution in [2.45, 2.75) is 23.0 Å². The molecule has 0 spiro atoms. The summed E-state index contributed by atoms with van der Waals surface area (Å²) in [6, 6.07) is 11.0. The highest BCUT2D eigenvalue weighted by atomic mass is 32.2. The van der Waals surface area contributed by atoms with Crippen molar-refractivity contribution >= 4 is 28.2 Å². The fraction of sp³-hybridized carbons (Fsp3) is 0.190. The molecule has 4 aromatic rings. The quantitative estimate of drug-likeness (QED) is 0.320. The zero-order chi connectivity index (χ0) is 22.1. The van der Waals surface area contributed by atoms with E-state index in [9.17, 15) is 14.5 Å². The fourth-order valence-corrected chi connectivity index (χ4v) is 4.17. The minimum Gasteiger partial charge on any atom is -0.300 e. The van der Waals surface area contributed by atoms with Crippen LogP contribution in [-0.4, -0.2) is 43.7 Å². The maximum absolute atomic E-state index is 13.5. The highest BCUT2D eigenvalue weighted by Crippen LogP contribution is 2.38. The molecule has 0 fully saturated rings. The molecule has 0 radical (unpaired) electrons. The molecule has 1 unspecified atom stereocenters. The molecule has 0 aliphatic heterocycles. The summed E-state index contributed by atoms with van der Waals surface area (Å²) in [5.41, 5.74) is 0.722. The van der Waals surface area contributed by atoms with Crippen LogP contribution in [0.1, 0.15) is 18.8 Å². The Bertz CT molecular complexity index is 1260. The Labute approximate surface area is 181 Å². The largest absolute Gasteiger partial charge is 0.300 e. The summed E-state index contributed by atoms with van der Waals surface area (Å²) in [5.74, 6) is 0.370. The molecule has 8 nitrogen and oxygen atoms in total. The number of halogens is 1. The van der Waals surface area contributed by atoms with Crippen LogP contribution in [-0.2, 0) is 0 Å². The van der Waals surface area contributed by atoms with Gasteiger partial charge in [0.15, 0.2) is 5.82 Å². The van der Waals surface area contributed by atoms with Crippen molar-refractivity contribution in [3.63, 3.8) is 0 Å².